The average molecular weight is 566 g/mol. The molecule has 1 aromatic heterocycles. The topological polar surface area (TPSA) is 139 Å². The maximum absolute atomic E-state index is 13.8. The van der Waals surface area contributed by atoms with Gasteiger partial charge < -0.3 is 14.2 Å². The molecule has 0 amide bonds. The summed E-state index contributed by atoms with van der Waals surface area (Å²) in [5, 5.41) is 11.0. The second kappa shape index (κ2) is 11.7. The summed E-state index contributed by atoms with van der Waals surface area (Å²) in [7, 11) is 1.42. The number of benzene rings is 2. The van der Waals surface area contributed by atoms with E-state index in [0.717, 1.165) is 11.3 Å². The monoisotopic (exact) mass is 565 g/mol. The van der Waals surface area contributed by atoms with E-state index in [1.807, 2.05) is 13.8 Å². The summed E-state index contributed by atoms with van der Waals surface area (Å²) in [4.78, 5) is 54.1. The van der Waals surface area contributed by atoms with Crippen LogP contribution in [0.4, 0.5) is 5.69 Å². The van der Waals surface area contributed by atoms with Gasteiger partial charge in [0, 0.05) is 19.1 Å². The van der Waals surface area contributed by atoms with Crippen molar-refractivity contribution < 1.29 is 28.7 Å². The van der Waals surface area contributed by atoms with Gasteiger partial charge in [-0.1, -0.05) is 31.3 Å². The fourth-order valence-corrected chi connectivity index (χ4v) is 5.20. The Bertz CT molecular complexity index is 1700. The number of nitro benzene ring substituents is 1. The van der Waals surface area contributed by atoms with E-state index in [2.05, 4.69) is 4.99 Å². The van der Waals surface area contributed by atoms with Crippen molar-refractivity contribution in [1.29, 1.82) is 0 Å². The number of hydrogen-bond acceptors (Lipinski definition) is 10. The zero-order valence-electron chi connectivity index (χ0n) is 22.5. The third-order valence-corrected chi connectivity index (χ3v) is 6.93. The van der Waals surface area contributed by atoms with Crippen LogP contribution < -0.4 is 24.4 Å². The van der Waals surface area contributed by atoms with Gasteiger partial charge in [0.05, 0.1) is 40.5 Å². The third-order valence-electron chi connectivity index (χ3n) is 5.95. The van der Waals surface area contributed by atoms with Crippen LogP contribution in [0.15, 0.2) is 63.5 Å². The van der Waals surface area contributed by atoms with Gasteiger partial charge in [0.15, 0.2) is 16.3 Å². The average Bonchev–Trinajstić information content (AvgIpc) is 3.20. The van der Waals surface area contributed by atoms with Crippen LogP contribution >= 0.6 is 11.3 Å². The van der Waals surface area contributed by atoms with E-state index in [4.69, 9.17) is 14.2 Å². The van der Waals surface area contributed by atoms with E-state index in [1.54, 1.807) is 37.3 Å². The van der Waals surface area contributed by atoms with Gasteiger partial charge in [-0.25, -0.2) is 9.79 Å². The number of nitrogens with zero attached hydrogens (tertiary/aromatic N) is 3. The molecule has 3 aromatic rings. The predicted octanol–water partition coefficient (Wildman–Crippen LogP) is 3.28. The highest BCUT2D eigenvalue weighted by Gasteiger charge is 2.34. The van der Waals surface area contributed by atoms with E-state index in [9.17, 15) is 24.5 Å². The Kier molecular flexibility index (Phi) is 8.29. The number of allylic oxidation sites excluding steroid dienone is 1. The molecule has 0 fully saturated rings. The minimum Gasteiger partial charge on any atom is -0.493 e. The van der Waals surface area contributed by atoms with Crippen molar-refractivity contribution in [3.8, 4) is 11.5 Å². The standard InChI is InChI=1S/C28H27N3O8S/c1-15(2)14-38-27(34)24-16(3)29-28-30(25(24)19-8-11-21(39-17(4)32)22(13-19)37-5)26(33)23(40-28)12-18-6-9-20(10-7-18)31(35)36/h6-13,15,25H,14H2,1-5H3/b23-12+/t25-/m0/s1. The minimum atomic E-state index is -0.907. The van der Waals surface area contributed by atoms with Crippen LogP contribution in [0.25, 0.3) is 6.08 Å². The summed E-state index contributed by atoms with van der Waals surface area (Å²) in [6.45, 7) is 6.96. The number of ether oxygens (including phenoxy) is 3. The highest BCUT2D eigenvalue weighted by Crippen LogP contribution is 2.36. The van der Waals surface area contributed by atoms with E-state index >= 15 is 0 Å². The van der Waals surface area contributed by atoms with Gasteiger partial charge in [-0.2, -0.15) is 0 Å². The van der Waals surface area contributed by atoms with E-state index in [1.165, 1.54) is 36.8 Å². The van der Waals surface area contributed by atoms with Crippen molar-refractivity contribution in [3.63, 3.8) is 0 Å². The zero-order chi connectivity index (χ0) is 29.1. The number of hydrogen-bond donors (Lipinski definition) is 0. The number of nitro groups is 1. The van der Waals surface area contributed by atoms with Crippen LogP contribution in [0.3, 0.4) is 0 Å². The summed E-state index contributed by atoms with van der Waals surface area (Å²) in [5.41, 5.74) is 1.22. The van der Waals surface area contributed by atoms with Crippen LogP contribution in [0.1, 0.15) is 44.9 Å². The van der Waals surface area contributed by atoms with Crippen molar-refractivity contribution >= 4 is 35.0 Å². The first-order valence-electron chi connectivity index (χ1n) is 12.3. The summed E-state index contributed by atoms with van der Waals surface area (Å²) in [6, 6.07) is 9.69. The molecule has 0 radical (unpaired) electrons. The first-order chi connectivity index (χ1) is 19.0. The minimum absolute atomic E-state index is 0.0649. The van der Waals surface area contributed by atoms with Gasteiger partial charge in [0.1, 0.15) is 0 Å². The number of rotatable bonds is 8. The molecule has 40 heavy (non-hydrogen) atoms. The van der Waals surface area contributed by atoms with Crippen LogP contribution in [-0.4, -0.2) is 35.1 Å². The van der Waals surface area contributed by atoms with Crippen LogP contribution in [0, 0.1) is 16.0 Å². The van der Waals surface area contributed by atoms with Crippen molar-refractivity contribution in [2.24, 2.45) is 10.9 Å². The second-order valence-electron chi connectivity index (χ2n) is 9.43. The molecule has 1 aliphatic rings. The molecule has 2 heterocycles. The lowest BCUT2D eigenvalue weighted by molar-refractivity contribution is -0.384. The van der Waals surface area contributed by atoms with Gasteiger partial charge in [-0.15, -0.1) is 0 Å². The molecule has 0 bridgehead atoms. The maximum atomic E-state index is 13.8. The summed E-state index contributed by atoms with van der Waals surface area (Å²) in [5.74, 6) is -0.611. The normalized spacial score (nSPS) is 14.9. The van der Waals surface area contributed by atoms with Crippen LogP contribution in [0.2, 0.25) is 0 Å². The fourth-order valence-electron chi connectivity index (χ4n) is 4.16. The zero-order valence-corrected chi connectivity index (χ0v) is 23.3. The molecule has 0 saturated heterocycles. The number of non-ortho nitro benzene ring substituents is 1. The summed E-state index contributed by atoms with van der Waals surface area (Å²) >= 11 is 1.13. The Morgan fingerprint density at radius 1 is 1.18 bits per heavy atom. The predicted molar refractivity (Wildman–Crippen MR) is 147 cm³/mol. The summed E-state index contributed by atoms with van der Waals surface area (Å²) in [6.07, 6.45) is 1.62. The molecule has 0 N–H and O–H groups in total. The van der Waals surface area contributed by atoms with Gasteiger partial charge in [0.25, 0.3) is 11.2 Å². The smallest absolute Gasteiger partial charge is 0.338 e. The Labute approximate surface area is 232 Å². The maximum Gasteiger partial charge on any atom is 0.338 e. The fraction of sp³-hybridized carbons (Fsp3) is 0.286. The molecular formula is C28H27N3O8S. The van der Waals surface area contributed by atoms with Gasteiger partial charge in [0.2, 0.25) is 0 Å². The molecule has 11 nitrogen and oxygen atoms in total. The van der Waals surface area contributed by atoms with Gasteiger partial charge in [-0.3, -0.25) is 24.3 Å². The van der Waals surface area contributed by atoms with Crippen molar-refractivity contribution in [2.45, 2.75) is 33.7 Å². The van der Waals surface area contributed by atoms with Gasteiger partial charge in [-0.05, 0) is 54.3 Å². The Morgan fingerprint density at radius 2 is 1.88 bits per heavy atom. The highest BCUT2D eigenvalue weighted by atomic mass is 32.1. The number of thiazole rings is 1. The van der Waals surface area contributed by atoms with Crippen LogP contribution in [-0.2, 0) is 14.3 Å². The third kappa shape index (κ3) is 5.86. The molecule has 2 aromatic carbocycles. The molecular weight excluding hydrogens is 538 g/mol. The Morgan fingerprint density at radius 3 is 2.48 bits per heavy atom. The molecule has 0 aliphatic carbocycles. The number of carbonyl (C=O) groups excluding carboxylic acids is 2. The summed E-state index contributed by atoms with van der Waals surface area (Å²) < 4.78 is 18.0. The van der Waals surface area contributed by atoms with Crippen LogP contribution in [0.5, 0.6) is 11.5 Å². The molecule has 12 heteroatoms. The molecule has 4 rings (SSSR count). The molecule has 0 unspecified atom stereocenters. The first-order valence-corrected chi connectivity index (χ1v) is 13.1. The van der Waals surface area contributed by atoms with Crippen molar-refractivity contribution in [3.05, 3.63) is 94.7 Å². The van der Waals surface area contributed by atoms with E-state index in [0.29, 0.717) is 26.2 Å². The Hall–Kier alpha value is -4.58. The lowest BCUT2D eigenvalue weighted by Crippen LogP contribution is -2.40. The number of fused-ring (bicyclic) bond motifs is 1. The molecule has 0 spiro atoms. The number of esters is 2. The van der Waals surface area contributed by atoms with E-state index < -0.39 is 28.5 Å². The highest BCUT2D eigenvalue weighted by molar-refractivity contribution is 7.07. The lowest BCUT2D eigenvalue weighted by Gasteiger charge is -2.25. The largest absolute Gasteiger partial charge is 0.493 e. The quantitative estimate of drug-likeness (QED) is 0.176. The molecule has 0 saturated carbocycles. The van der Waals surface area contributed by atoms with Gasteiger partial charge >= 0.3 is 11.9 Å². The lowest BCUT2D eigenvalue weighted by atomic mass is 9.95. The number of aromatic nitrogens is 1. The van der Waals surface area contributed by atoms with Crippen molar-refractivity contribution in [1.82, 2.24) is 4.57 Å². The molecule has 1 atom stereocenters. The molecule has 208 valence electrons. The SMILES string of the molecule is COc1cc([C@H]2C(C(=O)OCC(C)C)=C(C)N=c3s/c(=C/c4ccc([N+](=O)[O-])cc4)c(=O)n32)ccc1OC(C)=O. The first kappa shape index (κ1) is 28.4. The number of methoxy groups -OCH3 is 1. The van der Waals surface area contributed by atoms with Crippen molar-refractivity contribution in [2.75, 3.05) is 13.7 Å². The van der Waals surface area contributed by atoms with E-state index in [-0.39, 0.29) is 35.3 Å². The number of carbonyl (C=O) groups is 2. The second-order valence-corrected chi connectivity index (χ2v) is 10.4. The Balaban J connectivity index is 1.90. The molecule has 1 aliphatic heterocycles.